The summed E-state index contributed by atoms with van der Waals surface area (Å²) in [4.78, 5) is 26.4. The first-order chi connectivity index (χ1) is 15.1. The number of carbonyl (C=O) groups excluding carboxylic acids is 2. The van der Waals surface area contributed by atoms with Crippen molar-refractivity contribution in [3.05, 3.63) is 66.4 Å². The van der Waals surface area contributed by atoms with E-state index in [0.29, 0.717) is 5.69 Å². The van der Waals surface area contributed by atoms with Gasteiger partial charge in [-0.2, -0.15) is 0 Å². The lowest BCUT2D eigenvalue weighted by molar-refractivity contribution is -0.115. The zero-order valence-corrected chi connectivity index (χ0v) is 18.1. The van der Waals surface area contributed by atoms with E-state index in [9.17, 15) is 9.59 Å². The molecule has 7 nitrogen and oxygen atoms in total. The maximum Gasteiger partial charge on any atom is 0.407 e. The van der Waals surface area contributed by atoms with Crippen molar-refractivity contribution >= 4 is 28.6 Å². The van der Waals surface area contributed by atoms with Crippen LogP contribution in [0.1, 0.15) is 19.4 Å². The normalized spacial score (nSPS) is 10.9. The number of likely N-dealkylation sites (N-methyl/N-ethyl adjacent to an activating group) is 1. The molecule has 0 fully saturated rings. The van der Waals surface area contributed by atoms with Gasteiger partial charge in [-0.3, -0.25) is 4.79 Å². The Morgan fingerprint density at radius 3 is 2.55 bits per heavy atom. The van der Waals surface area contributed by atoms with Crippen molar-refractivity contribution in [1.82, 2.24) is 14.8 Å². The summed E-state index contributed by atoms with van der Waals surface area (Å²) < 4.78 is 7.33. The Morgan fingerprint density at radius 1 is 1.03 bits per heavy atom. The molecule has 3 aromatic rings. The van der Waals surface area contributed by atoms with Gasteiger partial charge in [0, 0.05) is 35.9 Å². The summed E-state index contributed by atoms with van der Waals surface area (Å²) >= 11 is 0. The standard InChI is InChI=1S/C24H30N4O3/c1-3-27(4-2)14-15-28-13-12-20-16-21(10-11-22(20)28)26-23(29)17-25-24(30)31-18-19-8-6-5-7-9-19/h5-13,16H,3-4,14-15,17-18H2,1-2H3,(H,25,30)(H,26,29). The molecule has 0 atom stereocenters. The summed E-state index contributed by atoms with van der Waals surface area (Å²) in [7, 11) is 0. The van der Waals surface area contributed by atoms with Gasteiger partial charge in [0.1, 0.15) is 13.2 Å². The van der Waals surface area contributed by atoms with Crippen molar-refractivity contribution in [2.75, 3.05) is 31.5 Å². The van der Waals surface area contributed by atoms with Crippen LogP contribution in [-0.4, -0.2) is 47.6 Å². The number of hydrogen-bond acceptors (Lipinski definition) is 4. The number of amides is 2. The van der Waals surface area contributed by atoms with Crippen molar-refractivity contribution in [3.63, 3.8) is 0 Å². The van der Waals surface area contributed by atoms with Gasteiger partial charge in [0.2, 0.25) is 5.91 Å². The minimum Gasteiger partial charge on any atom is -0.445 e. The van der Waals surface area contributed by atoms with E-state index in [0.717, 1.165) is 42.6 Å². The van der Waals surface area contributed by atoms with Crippen LogP contribution in [0.2, 0.25) is 0 Å². The molecule has 0 bridgehead atoms. The van der Waals surface area contributed by atoms with E-state index in [1.807, 2.05) is 54.6 Å². The van der Waals surface area contributed by atoms with Gasteiger partial charge in [-0.1, -0.05) is 44.2 Å². The summed E-state index contributed by atoms with van der Waals surface area (Å²) in [5, 5.41) is 6.35. The first-order valence-corrected chi connectivity index (χ1v) is 10.6. The summed E-state index contributed by atoms with van der Waals surface area (Å²) in [6, 6.07) is 17.3. The number of hydrogen-bond donors (Lipinski definition) is 2. The molecule has 0 saturated carbocycles. The van der Waals surface area contributed by atoms with Crippen LogP contribution in [-0.2, 0) is 22.7 Å². The molecule has 2 aromatic carbocycles. The van der Waals surface area contributed by atoms with Gasteiger partial charge in [0.15, 0.2) is 0 Å². The van der Waals surface area contributed by atoms with Crippen molar-refractivity contribution in [3.8, 4) is 0 Å². The third-order valence-electron chi connectivity index (χ3n) is 5.21. The van der Waals surface area contributed by atoms with Crippen LogP contribution in [0.4, 0.5) is 10.5 Å². The predicted octanol–water partition coefficient (Wildman–Crippen LogP) is 3.85. The fourth-order valence-corrected chi connectivity index (χ4v) is 3.39. The average Bonchev–Trinajstić information content (AvgIpc) is 3.20. The Hall–Kier alpha value is -3.32. The second kappa shape index (κ2) is 11.2. The van der Waals surface area contributed by atoms with Crippen molar-refractivity contribution in [2.45, 2.75) is 27.0 Å². The topological polar surface area (TPSA) is 75.6 Å². The fourth-order valence-electron chi connectivity index (χ4n) is 3.39. The number of anilines is 1. The lowest BCUT2D eigenvalue weighted by atomic mass is 10.2. The van der Waals surface area contributed by atoms with Crippen LogP contribution in [0.3, 0.4) is 0 Å². The van der Waals surface area contributed by atoms with E-state index < -0.39 is 6.09 Å². The van der Waals surface area contributed by atoms with E-state index >= 15 is 0 Å². The Balaban J connectivity index is 1.47. The van der Waals surface area contributed by atoms with Crippen LogP contribution in [0.5, 0.6) is 0 Å². The third kappa shape index (κ3) is 6.58. The minimum atomic E-state index is -0.625. The number of alkyl carbamates (subject to hydrolysis) is 1. The van der Waals surface area contributed by atoms with Crippen LogP contribution >= 0.6 is 0 Å². The van der Waals surface area contributed by atoms with E-state index in [2.05, 4.69) is 40.1 Å². The maximum absolute atomic E-state index is 12.2. The highest BCUT2D eigenvalue weighted by molar-refractivity contribution is 5.96. The van der Waals surface area contributed by atoms with Gasteiger partial charge in [-0.25, -0.2) is 4.79 Å². The summed E-state index contributed by atoms with van der Waals surface area (Å²) in [5.41, 5.74) is 2.71. The van der Waals surface area contributed by atoms with Crippen molar-refractivity contribution in [1.29, 1.82) is 0 Å². The number of aromatic nitrogens is 1. The highest BCUT2D eigenvalue weighted by Crippen LogP contribution is 2.20. The molecule has 7 heteroatoms. The van der Waals surface area contributed by atoms with E-state index in [1.54, 1.807) is 0 Å². The van der Waals surface area contributed by atoms with Crippen LogP contribution in [0, 0.1) is 0 Å². The lowest BCUT2D eigenvalue weighted by Gasteiger charge is -2.18. The molecule has 3 rings (SSSR count). The quantitative estimate of drug-likeness (QED) is 0.520. The van der Waals surface area contributed by atoms with Gasteiger partial charge < -0.3 is 24.8 Å². The molecule has 1 heterocycles. The highest BCUT2D eigenvalue weighted by Gasteiger charge is 2.09. The molecule has 0 saturated heterocycles. The van der Waals surface area contributed by atoms with Crippen LogP contribution in [0.25, 0.3) is 10.9 Å². The molecule has 0 spiro atoms. The van der Waals surface area contributed by atoms with E-state index in [1.165, 1.54) is 0 Å². The summed E-state index contributed by atoms with van der Waals surface area (Å²) in [6.07, 6.45) is 1.45. The van der Waals surface area contributed by atoms with E-state index in [-0.39, 0.29) is 19.1 Å². The van der Waals surface area contributed by atoms with Gasteiger partial charge >= 0.3 is 6.09 Å². The lowest BCUT2D eigenvalue weighted by Crippen LogP contribution is -2.33. The summed E-state index contributed by atoms with van der Waals surface area (Å²) in [6.45, 7) is 8.35. The van der Waals surface area contributed by atoms with Gasteiger partial charge in [0.25, 0.3) is 0 Å². The molecule has 0 aliphatic heterocycles. The van der Waals surface area contributed by atoms with Gasteiger partial charge in [-0.05, 0) is 42.9 Å². The maximum atomic E-state index is 12.2. The van der Waals surface area contributed by atoms with Crippen LogP contribution < -0.4 is 10.6 Å². The number of carbonyl (C=O) groups is 2. The molecular formula is C24H30N4O3. The smallest absolute Gasteiger partial charge is 0.407 e. The zero-order chi connectivity index (χ0) is 22.1. The minimum absolute atomic E-state index is 0.156. The predicted molar refractivity (Wildman–Crippen MR) is 123 cm³/mol. The molecule has 1 aromatic heterocycles. The molecule has 0 radical (unpaired) electrons. The largest absolute Gasteiger partial charge is 0.445 e. The number of nitrogens with one attached hydrogen (secondary N) is 2. The number of ether oxygens (including phenoxy) is 1. The zero-order valence-electron chi connectivity index (χ0n) is 18.1. The molecule has 31 heavy (non-hydrogen) atoms. The Morgan fingerprint density at radius 2 is 1.81 bits per heavy atom. The van der Waals surface area contributed by atoms with Crippen LogP contribution in [0.15, 0.2) is 60.8 Å². The van der Waals surface area contributed by atoms with Crippen molar-refractivity contribution in [2.24, 2.45) is 0 Å². The second-order valence-electron chi connectivity index (χ2n) is 7.27. The molecule has 0 aliphatic rings. The number of benzene rings is 2. The monoisotopic (exact) mass is 422 g/mol. The third-order valence-corrected chi connectivity index (χ3v) is 5.21. The fraction of sp³-hybridized carbons (Fsp3) is 0.333. The molecule has 2 amide bonds. The number of nitrogens with zero attached hydrogens (tertiary/aromatic N) is 2. The van der Waals surface area contributed by atoms with E-state index in [4.69, 9.17) is 4.74 Å². The second-order valence-corrected chi connectivity index (χ2v) is 7.27. The Kier molecular flexibility index (Phi) is 8.06. The van der Waals surface area contributed by atoms with Gasteiger partial charge in [0.05, 0.1) is 0 Å². The summed E-state index contributed by atoms with van der Waals surface area (Å²) in [5.74, 6) is -0.308. The Labute approximate surface area is 183 Å². The molecule has 0 aliphatic carbocycles. The first-order valence-electron chi connectivity index (χ1n) is 10.6. The molecule has 0 unspecified atom stereocenters. The van der Waals surface area contributed by atoms with Gasteiger partial charge in [-0.15, -0.1) is 0 Å². The molecule has 164 valence electrons. The highest BCUT2D eigenvalue weighted by atomic mass is 16.5. The average molecular weight is 423 g/mol. The SMILES string of the molecule is CCN(CC)CCn1ccc2cc(NC(=O)CNC(=O)OCc3ccccc3)ccc21. The Bertz CT molecular complexity index is 996. The molecular weight excluding hydrogens is 392 g/mol. The first kappa shape index (κ1) is 22.4. The van der Waals surface area contributed by atoms with Crippen molar-refractivity contribution < 1.29 is 14.3 Å². The molecule has 2 N–H and O–H groups in total. The number of fused-ring (bicyclic) bond motifs is 1. The number of rotatable bonds is 10.